The monoisotopic (exact) mass is 287 g/mol. The van der Waals surface area contributed by atoms with Crippen LogP contribution in [0.25, 0.3) is 0 Å². The van der Waals surface area contributed by atoms with Gasteiger partial charge < -0.3 is 15.2 Å². The molecule has 1 unspecified atom stereocenters. The zero-order valence-electron chi connectivity index (χ0n) is 14.2. The van der Waals surface area contributed by atoms with E-state index in [-0.39, 0.29) is 5.60 Å². The number of hydrogen-bond donors (Lipinski definition) is 2. The summed E-state index contributed by atoms with van der Waals surface area (Å²) < 4.78 is 5.54. The van der Waals surface area contributed by atoms with Crippen molar-refractivity contribution in [3.8, 4) is 0 Å². The molecule has 0 saturated heterocycles. The highest BCUT2D eigenvalue weighted by atomic mass is 16.5. The van der Waals surface area contributed by atoms with Gasteiger partial charge in [0.05, 0.1) is 18.3 Å². The summed E-state index contributed by atoms with van der Waals surface area (Å²) in [4.78, 5) is 0. The van der Waals surface area contributed by atoms with Crippen molar-refractivity contribution in [2.45, 2.75) is 90.8 Å². The fourth-order valence-electron chi connectivity index (χ4n) is 2.06. The van der Waals surface area contributed by atoms with E-state index in [1.807, 2.05) is 20.8 Å². The lowest BCUT2D eigenvalue weighted by atomic mass is 10.1. The maximum Gasteiger partial charge on any atom is 0.0897 e. The van der Waals surface area contributed by atoms with Gasteiger partial charge in [0, 0.05) is 6.54 Å². The van der Waals surface area contributed by atoms with Crippen molar-refractivity contribution in [2.75, 3.05) is 19.7 Å². The molecule has 0 heterocycles. The molecule has 122 valence electrons. The fraction of sp³-hybridized carbons (Fsp3) is 1.00. The first kappa shape index (κ1) is 19.9. The van der Waals surface area contributed by atoms with Crippen molar-refractivity contribution < 1.29 is 9.84 Å². The Kier molecular flexibility index (Phi) is 12.5. The zero-order chi connectivity index (χ0) is 15.3. The van der Waals surface area contributed by atoms with Gasteiger partial charge in [-0.3, -0.25) is 0 Å². The van der Waals surface area contributed by atoms with Crippen LogP contribution in [0.2, 0.25) is 0 Å². The minimum absolute atomic E-state index is 0.168. The predicted octanol–water partition coefficient (Wildman–Crippen LogP) is 3.89. The van der Waals surface area contributed by atoms with Gasteiger partial charge in [-0.05, 0) is 33.7 Å². The van der Waals surface area contributed by atoms with Gasteiger partial charge in [0.1, 0.15) is 0 Å². The van der Waals surface area contributed by atoms with E-state index in [4.69, 9.17) is 4.74 Å². The Morgan fingerprint density at radius 3 is 2.05 bits per heavy atom. The number of nitrogens with one attached hydrogen (secondary N) is 1. The molecule has 0 aromatic rings. The lowest BCUT2D eigenvalue weighted by Crippen LogP contribution is -2.34. The molecule has 3 nitrogen and oxygen atoms in total. The van der Waals surface area contributed by atoms with E-state index >= 15 is 0 Å². The van der Waals surface area contributed by atoms with E-state index in [0.717, 1.165) is 6.54 Å². The Morgan fingerprint density at radius 1 is 0.950 bits per heavy atom. The van der Waals surface area contributed by atoms with Crippen molar-refractivity contribution in [3.63, 3.8) is 0 Å². The Balaban J connectivity index is 3.19. The van der Waals surface area contributed by atoms with E-state index in [1.54, 1.807) is 0 Å². The molecule has 0 aliphatic rings. The first-order valence-corrected chi connectivity index (χ1v) is 8.48. The number of ether oxygens (including phenoxy) is 1. The molecule has 2 N–H and O–H groups in total. The molecule has 0 spiro atoms. The van der Waals surface area contributed by atoms with Crippen molar-refractivity contribution in [1.29, 1.82) is 0 Å². The van der Waals surface area contributed by atoms with Crippen LogP contribution in [-0.4, -0.2) is 36.5 Å². The molecule has 0 aromatic heterocycles. The molecule has 1 atom stereocenters. The highest BCUT2D eigenvalue weighted by Crippen LogP contribution is 2.08. The highest BCUT2D eigenvalue weighted by molar-refractivity contribution is 4.64. The maximum atomic E-state index is 9.75. The second kappa shape index (κ2) is 12.6. The van der Waals surface area contributed by atoms with Crippen LogP contribution >= 0.6 is 0 Å². The molecular weight excluding hydrogens is 250 g/mol. The molecule has 0 amide bonds. The second-order valence-corrected chi connectivity index (χ2v) is 6.76. The third-order valence-electron chi connectivity index (χ3n) is 3.30. The third-order valence-corrected chi connectivity index (χ3v) is 3.30. The average molecular weight is 287 g/mol. The van der Waals surface area contributed by atoms with E-state index in [0.29, 0.717) is 13.2 Å². The molecule has 0 fully saturated rings. The minimum atomic E-state index is -0.400. The maximum absolute atomic E-state index is 9.75. The van der Waals surface area contributed by atoms with Crippen molar-refractivity contribution in [3.05, 3.63) is 0 Å². The van der Waals surface area contributed by atoms with Gasteiger partial charge in [-0.15, -0.1) is 0 Å². The predicted molar refractivity (Wildman–Crippen MR) is 87.2 cm³/mol. The van der Waals surface area contributed by atoms with E-state index in [9.17, 15) is 5.11 Å². The highest BCUT2D eigenvalue weighted by Gasteiger charge is 2.13. The number of unbranched alkanes of at least 4 members (excludes halogenated alkanes) is 7. The topological polar surface area (TPSA) is 41.5 Å². The standard InChI is InChI=1S/C17H37NO2/c1-5-6-7-8-9-10-11-12-13-18-14-16(19)15-20-17(2,3)4/h16,18-19H,5-15H2,1-4H3. The molecule has 0 aliphatic heterocycles. The zero-order valence-corrected chi connectivity index (χ0v) is 14.2. The van der Waals surface area contributed by atoms with Crippen LogP contribution in [0, 0.1) is 0 Å². The molecule has 0 rings (SSSR count). The largest absolute Gasteiger partial charge is 0.389 e. The van der Waals surface area contributed by atoms with Crippen LogP contribution in [0.1, 0.15) is 79.1 Å². The Morgan fingerprint density at radius 2 is 1.50 bits per heavy atom. The molecule has 0 aromatic carbocycles. The number of aliphatic hydroxyl groups is 1. The lowest BCUT2D eigenvalue weighted by Gasteiger charge is -2.22. The van der Waals surface area contributed by atoms with E-state index in [1.165, 1.54) is 51.4 Å². The molecule has 0 saturated carbocycles. The second-order valence-electron chi connectivity index (χ2n) is 6.76. The Labute approximate surface area is 126 Å². The third kappa shape index (κ3) is 15.9. The van der Waals surface area contributed by atoms with Crippen LogP contribution < -0.4 is 5.32 Å². The minimum Gasteiger partial charge on any atom is -0.389 e. The number of rotatable bonds is 13. The first-order valence-electron chi connectivity index (χ1n) is 8.48. The molecule has 0 aliphatic carbocycles. The smallest absolute Gasteiger partial charge is 0.0897 e. The summed E-state index contributed by atoms with van der Waals surface area (Å²) in [7, 11) is 0. The van der Waals surface area contributed by atoms with Crippen LogP contribution in [0.15, 0.2) is 0 Å². The molecule has 20 heavy (non-hydrogen) atoms. The van der Waals surface area contributed by atoms with E-state index < -0.39 is 6.10 Å². The van der Waals surface area contributed by atoms with Crippen molar-refractivity contribution in [2.24, 2.45) is 0 Å². The first-order chi connectivity index (χ1) is 9.45. The van der Waals surface area contributed by atoms with Gasteiger partial charge in [-0.2, -0.15) is 0 Å². The molecular formula is C17H37NO2. The van der Waals surface area contributed by atoms with Crippen molar-refractivity contribution in [1.82, 2.24) is 5.32 Å². The van der Waals surface area contributed by atoms with Gasteiger partial charge in [0.2, 0.25) is 0 Å². The van der Waals surface area contributed by atoms with Gasteiger partial charge in [-0.25, -0.2) is 0 Å². The quantitative estimate of drug-likeness (QED) is 0.505. The van der Waals surface area contributed by atoms with Gasteiger partial charge in [0.15, 0.2) is 0 Å². The summed E-state index contributed by atoms with van der Waals surface area (Å²) in [5.41, 5.74) is -0.168. The summed E-state index contributed by atoms with van der Waals surface area (Å²) in [6.07, 6.45) is 10.3. The van der Waals surface area contributed by atoms with Crippen LogP contribution in [0.3, 0.4) is 0 Å². The fourth-order valence-corrected chi connectivity index (χ4v) is 2.06. The van der Waals surface area contributed by atoms with Crippen molar-refractivity contribution >= 4 is 0 Å². The van der Waals surface area contributed by atoms with Gasteiger partial charge >= 0.3 is 0 Å². The van der Waals surface area contributed by atoms with Gasteiger partial charge in [-0.1, -0.05) is 51.9 Å². The summed E-state index contributed by atoms with van der Waals surface area (Å²) in [6, 6.07) is 0. The normalized spacial score (nSPS) is 13.7. The molecule has 0 bridgehead atoms. The Bertz CT molecular complexity index is 202. The Hall–Kier alpha value is -0.120. The summed E-state index contributed by atoms with van der Waals surface area (Å²) >= 11 is 0. The number of hydrogen-bond acceptors (Lipinski definition) is 3. The van der Waals surface area contributed by atoms with Crippen LogP contribution in [0.5, 0.6) is 0 Å². The lowest BCUT2D eigenvalue weighted by molar-refractivity contribution is -0.0478. The average Bonchev–Trinajstić information content (AvgIpc) is 2.38. The summed E-state index contributed by atoms with van der Waals surface area (Å²) in [5, 5.41) is 13.1. The van der Waals surface area contributed by atoms with Crippen LogP contribution in [0.4, 0.5) is 0 Å². The molecule has 0 radical (unpaired) electrons. The summed E-state index contributed by atoms with van der Waals surface area (Å²) in [6.45, 7) is 10.3. The van der Waals surface area contributed by atoms with Gasteiger partial charge in [0.25, 0.3) is 0 Å². The summed E-state index contributed by atoms with van der Waals surface area (Å²) in [5.74, 6) is 0. The SMILES string of the molecule is CCCCCCCCCCNCC(O)COC(C)(C)C. The van der Waals surface area contributed by atoms with E-state index in [2.05, 4.69) is 12.2 Å². The number of aliphatic hydroxyl groups excluding tert-OH is 1. The van der Waals surface area contributed by atoms with Crippen LogP contribution in [-0.2, 0) is 4.74 Å². The molecule has 3 heteroatoms.